The average molecular weight is 349 g/mol. The molecule has 1 heterocycles. The fraction of sp³-hybridized carbons (Fsp3) is 0.176. The summed E-state index contributed by atoms with van der Waals surface area (Å²) >= 11 is 12.3. The fourth-order valence-electron chi connectivity index (χ4n) is 2.85. The molecule has 6 heteroatoms. The Hall–Kier alpha value is -2.04. The first kappa shape index (κ1) is 15.8. The number of fused-ring (bicyclic) bond motifs is 1. The Morgan fingerprint density at radius 1 is 1.17 bits per heavy atom. The maximum atomic E-state index is 12.6. The van der Waals surface area contributed by atoms with Crippen LogP contribution in [0.25, 0.3) is 0 Å². The topological polar surface area (TPSA) is 60.4 Å². The van der Waals surface area contributed by atoms with Crippen molar-refractivity contribution in [3.05, 3.63) is 69.2 Å². The molecule has 0 aliphatic carbocycles. The lowest BCUT2D eigenvalue weighted by Crippen LogP contribution is -2.35. The van der Waals surface area contributed by atoms with Crippen molar-refractivity contribution in [2.45, 2.75) is 19.0 Å². The molecule has 23 heavy (non-hydrogen) atoms. The summed E-state index contributed by atoms with van der Waals surface area (Å²) in [6.07, 6.45) is -0.347. The molecule has 4 nitrogen and oxygen atoms in total. The Labute approximate surface area is 143 Å². The van der Waals surface area contributed by atoms with Crippen molar-refractivity contribution < 1.29 is 14.7 Å². The van der Waals surface area contributed by atoms with Crippen molar-refractivity contribution in [1.82, 2.24) is 4.90 Å². The first-order valence-corrected chi connectivity index (χ1v) is 7.77. The van der Waals surface area contributed by atoms with Crippen LogP contribution >= 0.6 is 23.2 Å². The zero-order valence-electron chi connectivity index (χ0n) is 12.0. The van der Waals surface area contributed by atoms with Crippen LogP contribution in [0.5, 0.6) is 0 Å². The van der Waals surface area contributed by atoms with E-state index in [1.807, 2.05) is 12.1 Å². The van der Waals surface area contributed by atoms with Crippen molar-refractivity contribution >= 4 is 35.1 Å². The number of aliphatic carboxylic acids is 1. The Bertz CT molecular complexity index is 791. The molecular weight excluding hydrogens is 337 g/mol. The van der Waals surface area contributed by atoms with Gasteiger partial charge in [-0.05, 0) is 23.3 Å². The van der Waals surface area contributed by atoms with Crippen molar-refractivity contribution in [2.75, 3.05) is 0 Å². The highest BCUT2D eigenvalue weighted by atomic mass is 35.5. The molecule has 0 unspecified atom stereocenters. The van der Waals surface area contributed by atoms with Crippen LogP contribution in [0, 0.1) is 0 Å². The zero-order valence-corrected chi connectivity index (χ0v) is 13.5. The molecule has 2 aromatic carbocycles. The molecule has 0 saturated heterocycles. The van der Waals surface area contributed by atoms with Crippen molar-refractivity contribution in [3.63, 3.8) is 0 Å². The number of rotatable bonds is 4. The predicted octanol–water partition coefficient (Wildman–Crippen LogP) is 2.83. The quantitative estimate of drug-likeness (QED) is 0.853. The van der Waals surface area contributed by atoms with Crippen LogP contribution in [0.4, 0.5) is 0 Å². The van der Waals surface area contributed by atoms with Gasteiger partial charge in [0.25, 0.3) is 5.91 Å². The average Bonchev–Trinajstić information content (AvgIpc) is 2.85. The van der Waals surface area contributed by atoms with E-state index in [0.717, 1.165) is 5.56 Å². The molecule has 0 bridgehead atoms. The molecular formula is C17H12Cl2NO3-. The van der Waals surface area contributed by atoms with E-state index in [9.17, 15) is 14.7 Å². The summed E-state index contributed by atoms with van der Waals surface area (Å²) in [5.74, 6) is -1.47. The lowest BCUT2D eigenvalue weighted by molar-refractivity contribution is -0.306. The lowest BCUT2D eigenvalue weighted by atomic mass is 10.0. The van der Waals surface area contributed by atoms with Gasteiger partial charge < -0.3 is 14.8 Å². The van der Waals surface area contributed by atoms with E-state index in [1.165, 1.54) is 4.90 Å². The molecule has 0 N–H and O–H groups in total. The molecule has 2 aromatic rings. The first-order valence-electron chi connectivity index (χ1n) is 7.01. The SMILES string of the molecule is O=C([O-])C[C@H](c1cccc(Cl)c1Cl)N1Cc2ccccc2C1=O. The van der Waals surface area contributed by atoms with Gasteiger partial charge in [0.1, 0.15) is 0 Å². The van der Waals surface area contributed by atoms with Gasteiger partial charge in [-0.1, -0.05) is 53.5 Å². The van der Waals surface area contributed by atoms with E-state index < -0.39 is 12.0 Å². The van der Waals surface area contributed by atoms with Gasteiger partial charge in [-0.25, -0.2) is 0 Å². The highest BCUT2D eigenvalue weighted by Crippen LogP contribution is 2.38. The third-order valence-electron chi connectivity index (χ3n) is 3.93. The minimum Gasteiger partial charge on any atom is -0.550 e. The highest BCUT2D eigenvalue weighted by Gasteiger charge is 2.34. The molecule has 3 rings (SSSR count). The van der Waals surface area contributed by atoms with E-state index in [-0.39, 0.29) is 17.4 Å². The number of hydrogen-bond acceptors (Lipinski definition) is 3. The number of carbonyl (C=O) groups is 2. The molecule has 0 radical (unpaired) electrons. The lowest BCUT2D eigenvalue weighted by Gasteiger charge is -2.29. The summed E-state index contributed by atoms with van der Waals surface area (Å²) in [5, 5.41) is 11.8. The van der Waals surface area contributed by atoms with Gasteiger partial charge in [-0.3, -0.25) is 4.79 Å². The fourth-order valence-corrected chi connectivity index (χ4v) is 3.29. The molecule has 1 amide bonds. The summed E-state index contributed by atoms with van der Waals surface area (Å²) in [4.78, 5) is 25.3. The number of hydrogen-bond donors (Lipinski definition) is 0. The number of benzene rings is 2. The monoisotopic (exact) mass is 348 g/mol. The van der Waals surface area contributed by atoms with Gasteiger partial charge in [0.15, 0.2) is 0 Å². The van der Waals surface area contributed by atoms with Gasteiger partial charge in [-0.2, -0.15) is 0 Å². The van der Waals surface area contributed by atoms with Gasteiger partial charge in [0.05, 0.1) is 16.1 Å². The second-order valence-corrected chi connectivity index (χ2v) is 6.11. The Morgan fingerprint density at radius 2 is 1.91 bits per heavy atom. The predicted molar refractivity (Wildman–Crippen MR) is 85.1 cm³/mol. The molecule has 0 aromatic heterocycles. The molecule has 1 aliphatic rings. The summed E-state index contributed by atoms with van der Waals surface area (Å²) in [5.41, 5.74) is 1.94. The van der Waals surface area contributed by atoms with Crippen LogP contribution in [-0.4, -0.2) is 16.8 Å². The van der Waals surface area contributed by atoms with Gasteiger partial charge >= 0.3 is 0 Å². The maximum absolute atomic E-state index is 12.6. The maximum Gasteiger partial charge on any atom is 0.255 e. The summed E-state index contributed by atoms with van der Waals surface area (Å²) in [7, 11) is 0. The Kier molecular flexibility index (Phi) is 4.28. The summed E-state index contributed by atoms with van der Waals surface area (Å²) in [6, 6.07) is 11.4. The normalized spacial score (nSPS) is 14.7. The standard InChI is InChI=1S/C17H13Cl2NO3/c18-13-7-3-6-12(16(13)19)14(8-15(21)22)20-9-10-4-1-2-5-11(10)17(20)23/h1-7,14H,8-9H2,(H,21,22)/p-1/t14-/m1/s1. The number of carboxylic acid groups (broad SMARTS) is 1. The number of halogens is 2. The molecule has 0 spiro atoms. The van der Waals surface area contributed by atoms with Crippen LogP contribution in [0.1, 0.15) is 33.9 Å². The third-order valence-corrected chi connectivity index (χ3v) is 4.76. The molecule has 0 fully saturated rings. The second-order valence-electron chi connectivity index (χ2n) is 5.33. The third kappa shape index (κ3) is 2.92. The smallest absolute Gasteiger partial charge is 0.255 e. The Balaban J connectivity index is 2.03. The van der Waals surface area contributed by atoms with Crippen LogP contribution in [0.2, 0.25) is 10.0 Å². The number of amides is 1. The first-order chi connectivity index (χ1) is 11.0. The minimum absolute atomic E-state index is 0.220. The highest BCUT2D eigenvalue weighted by molar-refractivity contribution is 6.42. The van der Waals surface area contributed by atoms with E-state index in [0.29, 0.717) is 22.7 Å². The van der Waals surface area contributed by atoms with Crippen LogP contribution in [-0.2, 0) is 11.3 Å². The minimum atomic E-state index is -1.25. The number of carbonyl (C=O) groups excluding carboxylic acids is 2. The molecule has 0 saturated carbocycles. The van der Waals surface area contributed by atoms with Gasteiger partial charge in [0, 0.05) is 24.5 Å². The van der Waals surface area contributed by atoms with E-state index in [4.69, 9.17) is 23.2 Å². The van der Waals surface area contributed by atoms with Crippen LogP contribution < -0.4 is 5.11 Å². The van der Waals surface area contributed by atoms with Crippen molar-refractivity contribution in [3.8, 4) is 0 Å². The van der Waals surface area contributed by atoms with Gasteiger partial charge in [0.2, 0.25) is 0 Å². The molecule has 1 aliphatic heterocycles. The summed E-state index contributed by atoms with van der Waals surface area (Å²) < 4.78 is 0. The molecule has 1 atom stereocenters. The van der Waals surface area contributed by atoms with Crippen molar-refractivity contribution in [2.24, 2.45) is 0 Å². The van der Waals surface area contributed by atoms with E-state index in [1.54, 1.807) is 30.3 Å². The Morgan fingerprint density at radius 3 is 2.61 bits per heavy atom. The van der Waals surface area contributed by atoms with Crippen LogP contribution in [0.15, 0.2) is 42.5 Å². The van der Waals surface area contributed by atoms with E-state index in [2.05, 4.69) is 0 Å². The number of carboxylic acids is 1. The largest absolute Gasteiger partial charge is 0.550 e. The van der Waals surface area contributed by atoms with Crippen molar-refractivity contribution in [1.29, 1.82) is 0 Å². The van der Waals surface area contributed by atoms with E-state index >= 15 is 0 Å². The zero-order chi connectivity index (χ0) is 16.6. The summed E-state index contributed by atoms with van der Waals surface area (Å²) in [6.45, 7) is 0.329. The van der Waals surface area contributed by atoms with Crippen LogP contribution in [0.3, 0.4) is 0 Å². The number of nitrogens with zero attached hydrogens (tertiary/aromatic N) is 1. The second kappa shape index (κ2) is 6.22. The van der Waals surface area contributed by atoms with Gasteiger partial charge in [-0.15, -0.1) is 0 Å². The molecule has 118 valence electrons.